The summed E-state index contributed by atoms with van der Waals surface area (Å²) in [6, 6.07) is 9.89. The molecule has 6 nitrogen and oxygen atoms in total. The third-order valence-electron chi connectivity index (χ3n) is 4.94. The first-order valence-corrected chi connectivity index (χ1v) is 12.7. The minimum absolute atomic E-state index is 0. The maximum Gasteiger partial charge on any atom is 0.244 e. The van der Waals surface area contributed by atoms with Gasteiger partial charge in [-0.15, -0.1) is 12.4 Å². The Morgan fingerprint density at radius 2 is 1.66 bits per heavy atom. The van der Waals surface area contributed by atoms with Crippen molar-refractivity contribution in [3.8, 4) is 0 Å². The van der Waals surface area contributed by atoms with Gasteiger partial charge in [0.05, 0.1) is 15.1 Å². The van der Waals surface area contributed by atoms with E-state index in [0.29, 0.717) is 23.1 Å². The molecule has 3 aromatic rings. The van der Waals surface area contributed by atoms with Crippen molar-refractivity contribution in [2.75, 3.05) is 37.8 Å². The number of rotatable bonds is 8. The zero-order chi connectivity index (χ0) is 22.8. The molecule has 0 saturated heterocycles. The molecular weight excluding hydrogens is 489 g/mol. The number of halogens is 2. The summed E-state index contributed by atoms with van der Waals surface area (Å²) in [5.41, 5.74) is 2.96. The van der Waals surface area contributed by atoms with E-state index in [-0.39, 0.29) is 17.3 Å². The zero-order valence-corrected chi connectivity index (χ0v) is 21.7. The fraction of sp³-hybridized carbons (Fsp3) is 0.364. The average molecular weight is 517 g/mol. The van der Waals surface area contributed by atoms with E-state index in [0.717, 1.165) is 27.9 Å². The normalized spacial score (nSPS) is 11.6. The molecule has 0 radical (unpaired) electrons. The summed E-state index contributed by atoms with van der Waals surface area (Å²) in [5.74, 6) is -1.10. The molecular formula is C22H27Cl2N3O3S2. The second-order valence-corrected chi connectivity index (χ2v) is 11.2. The number of fused-ring (bicyclic) bond motifs is 1. The summed E-state index contributed by atoms with van der Waals surface area (Å²) in [7, 11) is 0.119. The van der Waals surface area contributed by atoms with Gasteiger partial charge < -0.3 is 4.90 Å². The van der Waals surface area contributed by atoms with Crippen molar-refractivity contribution in [2.24, 2.45) is 0 Å². The van der Waals surface area contributed by atoms with Gasteiger partial charge >= 0.3 is 0 Å². The molecule has 0 aliphatic carbocycles. The van der Waals surface area contributed by atoms with Crippen molar-refractivity contribution in [3.05, 3.63) is 52.5 Å². The van der Waals surface area contributed by atoms with Gasteiger partial charge in [0.2, 0.25) is 5.91 Å². The molecule has 2 aromatic carbocycles. The number of benzene rings is 2. The predicted octanol–water partition coefficient (Wildman–Crippen LogP) is 4.75. The molecule has 1 amide bonds. The monoisotopic (exact) mass is 515 g/mol. The van der Waals surface area contributed by atoms with Crippen LogP contribution in [-0.2, 0) is 14.6 Å². The van der Waals surface area contributed by atoms with Crippen molar-refractivity contribution in [1.29, 1.82) is 0 Å². The van der Waals surface area contributed by atoms with Crippen LogP contribution in [0.5, 0.6) is 0 Å². The Morgan fingerprint density at radius 1 is 1.03 bits per heavy atom. The fourth-order valence-corrected chi connectivity index (χ4v) is 5.68. The lowest BCUT2D eigenvalue weighted by molar-refractivity contribution is -0.116. The topological polar surface area (TPSA) is 70.6 Å². The Bertz CT molecular complexity index is 1150. The maximum atomic E-state index is 13.2. The molecule has 0 unspecified atom stereocenters. The first-order chi connectivity index (χ1) is 14.6. The van der Waals surface area contributed by atoms with Crippen LogP contribution in [0.25, 0.3) is 10.2 Å². The number of carbonyl (C=O) groups is 1. The van der Waals surface area contributed by atoms with Crippen molar-refractivity contribution < 1.29 is 13.2 Å². The Labute approximate surface area is 204 Å². The highest BCUT2D eigenvalue weighted by Gasteiger charge is 2.27. The van der Waals surface area contributed by atoms with Crippen LogP contribution in [0.1, 0.15) is 17.5 Å². The Balaban J connectivity index is 0.00000363. The highest BCUT2D eigenvalue weighted by molar-refractivity contribution is 7.92. The van der Waals surface area contributed by atoms with Gasteiger partial charge in [-0.1, -0.05) is 35.1 Å². The SMILES string of the molecule is Cc1ccc(C)c2sc(N(CCCN(C)C)C(=O)CS(=O)(=O)c3ccc(Cl)cc3)nc12.Cl. The predicted molar refractivity (Wildman–Crippen MR) is 135 cm³/mol. The largest absolute Gasteiger partial charge is 0.309 e. The van der Waals surface area contributed by atoms with Gasteiger partial charge in [-0.05, 0) is 76.3 Å². The first-order valence-electron chi connectivity index (χ1n) is 9.88. The van der Waals surface area contributed by atoms with Crippen molar-refractivity contribution in [3.63, 3.8) is 0 Å². The molecule has 174 valence electrons. The number of anilines is 1. The van der Waals surface area contributed by atoms with Gasteiger partial charge in [0.15, 0.2) is 15.0 Å². The number of sulfone groups is 1. The summed E-state index contributed by atoms with van der Waals surface area (Å²) >= 11 is 7.29. The molecule has 0 fully saturated rings. The highest BCUT2D eigenvalue weighted by atomic mass is 35.5. The summed E-state index contributed by atoms with van der Waals surface area (Å²) in [6.07, 6.45) is 0.702. The van der Waals surface area contributed by atoms with Gasteiger partial charge in [0.1, 0.15) is 5.75 Å². The third-order valence-corrected chi connectivity index (χ3v) is 8.02. The van der Waals surface area contributed by atoms with Crippen LogP contribution in [0.15, 0.2) is 41.3 Å². The standard InChI is InChI=1S/C22H26ClN3O3S2.ClH/c1-15-6-7-16(2)21-20(15)24-22(30-21)26(13-5-12-25(3)4)19(27)14-31(28,29)18-10-8-17(23)9-11-18;/h6-11H,5,12-14H2,1-4H3;1H. The molecule has 0 spiro atoms. The summed E-state index contributed by atoms with van der Waals surface area (Å²) in [5, 5.41) is 0.971. The van der Waals surface area contributed by atoms with E-state index in [1.807, 2.05) is 45.0 Å². The van der Waals surface area contributed by atoms with Gasteiger partial charge in [0, 0.05) is 11.6 Å². The fourth-order valence-electron chi connectivity index (χ4n) is 3.20. The number of thiazole rings is 1. The number of nitrogens with zero attached hydrogens (tertiary/aromatic N) is 3. The van der Waals surface area contributed by atoms with Gasteiger partial charge in [-0.3, -0.25) is 9.69 Å². The van der Waals surface area contributed by atoms with Gasteiger partial charge in [0.25, 0.3) is 0 Å². The van der Waals surface area contributed by atoms with Crippen LogP contribution < -0.4 is 4.90 Å². The second-order valence-electron chi connectivity index (χ2n) is 7.79. The molecule has 32 heavy (non-hydrogen) atoms. The Kier molecular flexibility index (Phi) is 9.07. The van der Waals surface area contributed by atoms with E-state index in [2.05, 4.69) is 0 Å². The first kappa shape index (κ1) is 26.5. The minimum atomic E-state index is -3.80. The molecule has 0 aliphatic heterocycles. The lowest BCUT2D eigenvalue weighted by atomic mass is 10.1. The van der Waals surface area contributed by atoms with E-state index in [1.54, 1.807) is 0 Å². The van der Waals surface area contributed by atoms with E-state index >= 15 is 0 Å². The number of carbonyl (C=O) groups excluding carboxylic acids is 1. The third kappa shape index (κ3) is 6.20. The van der Waals surface area contributed by atoms with Crippen molar-refractivity contribution >= 4 is 66.4 Å². The van der Waals surface area contributed by atoms with Gasteiger partial charge in [-0.25, -0.2) is 13.4 Å². The van der Waals surface area contributed by atoms with E-state index in [4.69, 9.17) is 16.6 Å². The number of hydrogen-bond acceptors (Lipinski definition) is 6. The molecule has 1 heterocycles. The molecule has 3 rings (SSSR count). The van der Waals surface area contributed by atoms with Crippen LogP contribution in [0.4, 0.5) is 5.13 Å². The van der Waals surface area contributed by atoms with E-state index in [9.17, 15) is 13.2 Å². The highest BCUT2D eigenvalue weighted by Crippen LogP contribution is 2.33. The summed E-state index contributed by atoms with van der Waals surface area (Å²) in [4.78, 5) is 21.5. The quantitative estimate of drug-likeness (QED) is 0.432. The maximum absolute atomic E-state index is 13.2. The number of aryl methyl sites for hydroxylation is 2. The Hall–Kier alpha value is -1.71. The number of aromatic nitrogens is 1. The smallest absolute Gasteiger partial charge is 0.244 e. The summed E-state index contributed by atoms with van der Waals surface area (Å²) in [6.45, 7) is 5.16. The summed E-state index contributed by atoms with van der Waals surface area (Å²) < 4.78 is 26.7. The van der Waals surface area contributed by atoms with Crippen molar-refractivity contribution in [2.45, 2.75) is 25.2 Å². The molecule has 0 saturated carbocycles. The molecule has 10 heteroatoms. The second kappa shape index (κ2) is 10.9. The van der Waals surface area contributed by atoms with Crippen LogP contribution in [0.2, 0.25) is 5.02 Å². The van der Waals surface area contributed by atoms with E-state index in [1.165, 1.54) is 40.5 Å². The number of hydrogen-bond donors (Lipinski definition) is 0. The average Bonchev–Trinajstić information content (AvgIpc) is 3.14. The molecule has 0 atom stereocenters. The molecule has 0 N–H and O–H groups in total. The van der Waals surface area contributed by atoms with Crippen LogP contribution >= 0.6 is 35.3 Å². The van der Waals surface area contributed by atoms with Crippen LogP contribution in [0, 0.1) is 13.8 Å². The zero-order valence-electron chi connectivity index (χ0n) is 18.5. The molecule has 0 bridgehead atoms. The molecule has 1 aromatic heterocycles. The van der Waals surface area contributed by atoms with Crippen LogP contribution in [-0.4, -0.2) is 57.1 Å². The Morgan fingerprint density at radius 3 is 2.25 bits per heavy atom. The van der Waals surface area contributed by atoms with Crippen LogP contribution in [0.3, 0.4) is 0 Å². The number of amides is 1. The molecule has 0 aliphatic rings. The van der Waals surface area contributed by atoms with E-state index < -0.39 is 21.5 Å². The minimum Gasteiger partial charge on any atom is -0.309 e. The van der Waals surface area contributed by atoms with Crippen molar-refractivity contribution in [1.82, 2.24) is 9.88 Å². The van der Waals surface area contributed by atoms with Gasteiger partial charge in [-0.2, -0.15) is 0 Å². The lowest BCUT2D eigenvalue weighted by Gasteiger charge is -2.21. The lowest BCUT2D eigenvalue weighted by Crippen LogP contribution is -2.37.